The molecule has 0 aromatic heterocycles. The first kappa shape index (κ1) is 26.5. The van der Waals surface area contributed by atoms with Gasteiger partial charge in [-0.1, -0.05) is 13.8 Å². The van der Waals surface area contributed by atoms with Crippen molar-refractivity contribution < 1.29 is 27.2 Å². The third kappa shape index (κ3) is 7.57. The standard InChI is InChI=1S/C13H31NO6P2.Na/c1-7-14(8-2)13(21(15,17-9-3)18-10-4)22(16,19-11-5)20-12-6;/h13H,7-12H2,1-6H3;. The van der Waals surface area contributed by atoms with Gasteiger partial charge in [-0.2, -0.15) is 0 Å². The summed E-state index contributed by atoms with van der Waals surface area (Å²) in [5, 5.41) is 0. The summed E-state index contributed by atoms with van der Waals surface area (Å²) in [5.74, 6) is 0. The molecule has 0 aliphatic heterocycles. The van der Waals surface area contributed by atoms with Crippen molar-refractivity contribution in [3.8, 4) is 0 Å². The smallest absolute Gasteiger partial charge is 0.307 e. The van der Waals surface area contributed by atoms with Gasteiger partial charge >= 0.3 is 15.2 Å². The fraction of sp³-hybridized carbons (Fsp3) is 1.00. The molecule has 23 heavy (non-hydrogen) atoms. The number of hydrogen-bond acceptors (Lipinski definition) is 7. The molecule has 0 saturated carbocycles. The molecule has 0 unspecified atom stereocenters. The van der Waals surface area contributed by atoms with Crippen molar-refractivity contribution in [2.75, 3.05) is 39.5 Å². The molecule has 0 aromatic rings. The SMILES string of the molecule is CCOP(=O)(OCC)C(N(CC)CC)P(=O)(OCC)OCC.[Na]. The molecule has 0 N–H and O–H groups in total. The Bertz CT molecular complexity index is 345. The van der Waals surface area contributed by atoms with Crippen LogP contribution < -0.4 is 0 Å². The largest absolute Gasteiger partial charge is 0.360 e. The van der Waals surface area contributed by atoms with Crippen LogP contribution in [-0.4, -0.2) is 79.5 Å². The zero-order valence-electron chi connectivity index (χ0n) is 15.6. The van der Waals surface area contributed by atoms with Crippen molar-refractivity contribution in [1.82, 2.24) is 4.90 Å². The maximum Gasteiger partial charge on any atom is 0.360 e. The molecule has 0 aliphatic carbocycles. The average Bonchev–Trinajstić information content (AvgIpc) is 2.45. The molecule has 0 aliphatic rings. The summed E-state index contributed by atoms with van der Waals surface area (Å²) in [6.45, 7) is 12.5. The Morgan fingerprint density at radius 2 is 0.957 bits per heavy atom. The van der Waals surface area contributed by atoms with E-state index in [1.807, 2.05) is 13.8 Å². The van der Waals surface area contributed by atoms with Crippen LogP contribution in [0.1, 0.15) is 41.5 Å². The van der Waals surface area contributed by atoms with Crippen molar-refractivity contribution in [1.29, 1.82) is 0 Å². The normalized spacial score (nSPS) is 12.7. The molecule has 0 saturated heterocycles. The van der Waals surface area contributed by atoms with Gasteiger partial charge in [0.1, 0.15) is 0 Å². The first-order valence-electron chi connectivity index (χ1n) is 7.90. The molecular weight excluding hydrogens is 351 g/mol. The molecule has 0 atom stereocenters. The summed E-state index contributed by atoms with van der Waals surface area (Å²) in [4.78, 5) is 1.76. The van der Waals surface area contributed by atoms with E-state index >= 15 is 0 Å². The van der Waals surface area contributed by atoms with Crippen molar-refractivity contribution in [2.24, 2.45) is 0 Å². The predicted molar refractivity (Wildman–Crippen MR) is 94.2 cm³/mol. The van der Waals surface area contributed by atoms with E-state index in [4.69, 9.17) is 18.1 Å². The van der Waals surface area contributed by atoms with Crippen LogP contribution in [0.4, 0.5) is 0 Å². The molecule has 0 bridgehead atoms. The van der Waals surface area contributed by atoms with Crippen LogP contribution in [0.3, 0.4) is 0 Å². The molecular formula is C13H31NNaO6P2. The van der Waals surface area contributed by atoms with Gasteiger partial charge < -0.3 is 18.1 Å². The summed E-state index contributed by atoms with van der Waals surface area (Å²) in [6.07, 6.45) is 0. The molecule has 0 rings (SSSR count). The van der Waals surface area contributed by atoms with Crippen LogP contribution in [-0.2, 0) is 27.2 Å². The van der Waals surface area contributed by atoms with Crippen LogP contribution in [0.15, 0.2) is 0 Å². The Labute approximate surface area is 163 Å². The molecule has 0 heterocycles. The monoisotopic (exact) mass is 382 g/mol. The van der Waals surface area contributed by atoms with Crippen LogP contribution in [0.5, 0.6) is 0 Å². The topological polar surface area (TPSA) is 74.3 Å². The second-order valence-corrected chi connectivity index (χ2v) is 8.90. The van der Waals surface area contributed by atoms with Crippen LogP contribution >= 0.6 is 15.2 Å². The molecule has 0 aromatic carbocycles. The quantitative estimate of drug-likeness (QED) is 0.355. The number of hydrogen-bond donors (Lipinski definition) is 0. The molecule has 7 nitrogen and oxygen atoms in total. The van der Waals surface area contributed by atoms with E-state index < -0.39 is 20.7 Å². The van der Waals surface area contributed by atoms with Gasteiger partial charge in [-0.3, -0.25) is 14.0 Å². The van der Waals surface area contributed by atoms with Gasteiger partial charge in [-0.25, -0.2) is 0 Å². The van der Waals surface area contributed by atoms with Crippen molar-refractivity contribution in [3.05, 3.63) is 0 Å². The van der Waals surface area contributed by atoms with Gasteiger partial charge in [0, 0.05) is 29.6 Å². The van der Waals surface area contributed by atoms with Gasteiger partial charge in [0.2, 0.25) is 5.52 Å². The fourth-order valence-corrected chi connectivity index (χ4v) is 7.95. The third-order valence-corrected chi connectivity index (χ3v) is 8.89. The van der Waals surface area contributed by atoms with Gasteiger partial charge in [-0.15, -0.1) is 0 Å². The molecule has 1 radical (unpaired) electrons. The summed E-state index contributed by atoms with van der Waals surface area (Å²) in [6, 6.07) is 0. The average molecular weight is 382 g/mol. The third-order valence-electron chi connectivity index (χ3n) is 2.94. The second kappa shape index (κ2) is 13.5. The minimum Gasteiger partial charge on any atom is -0.307 e. The van der Waals surface area contributed by atoms with Gasteiger partial charge in [0.05, 0.1) is 26.4 Å². The zero-order valence-corrected chi connectivity index (χ0v) is 19.4. The van der Waals surface area contributed by atoms with Crippen LogP contribution in [0.25, 0.3) is 0 Å². The van der Waals surface area contributed by atoms with Crippen molar-refractivity contribution >= 4 is 44.7 Å². The molecule has 10 heteroatoms. The second-order valence-electron chi connectivity index (χ2n) is 4.32. The predicted octanol–water partition coefficient (Wildman–Crippen LogP) is 3.76. The number of rotatable bonds is 13. The summed E-state index contributed by atoms with van der Waals surface area (Å²) < 4.78 is 48.2. The van der Waals surface area contributed by atoms with E-state index in [1.54, 1.807) is 32.6 Å². The summed E-state index contributed by atoms with van der Waals surface area (Å²) in [5.41, 5.74) is -1.06. The first-order chi connectivity index (χ1) is 10.4. The van der Waals surface area contributed by atoms with Gasteiger partial charge in [-0.05, 0) is 40.8 Å². The summed E-state index contributed by atoms with van der Waals surface area (Å²) in [7, 11) is -7.37. The van der Waals surface area contributed by atoms with Crippen LogP contribution in [0, 0.1) is 0 Å². The maximum absolute atomic E-state index is 13.3. The summed E-state index contributed by atoms with van der Waals surface area (Å²) >= 11 is 0. The van der Waals surface area contributed by atoms with E-state index in [2.05, 4.69) is 0 Å². The van der Waals surface area contributed by atoms with E-state index in [1.165, 1.54) is 0 Å². The van der Waals surface area contributed by atoms with Crippen molar-refractivity contribution in [2.45, 2.75) is 47.1 Å². The Hall–Kier alpha value is 1.26. The Morgan fingerprint density at radius 1 is 0.696 bits per heavy atom. The number of nitrogens with zero attached hydrogens (tertiary/aromatic N) is 1. The van der Waals surface area contributed by atoms with E-state index in [0.717, 1.165) is 0 Å². The molecule has 0 fully saturated rings. The fourth-order valence-electron chi connectivity index (χ4n) is 2.18. The Morgan fingerprint density at radius 3 is 1.13 bits per heavy atom. The Balaban J connectivity index is 0. The maximum atomic E-state index is 13.3. The van der Waals surface area contributed by atoms with Crippen molar-refractivity contribution in [3.63, 3.8) is 0 Å². The van der Waals surface area contributed by atoms with E-state index in [9.17, 15) is 9.13 Å². The molecule has 0 amide bonds. The van der Waals surface area contributed by atoms with E-state index in [0.29, 0.717) is 13.1 Å². The molecule has 135 valence electrons. The Kier molecular flexibility index (Phi) is 15.5. The minimum atomic E-state index is -3.69. The van der Waals surface area contributed by atoms with Crippen LogP contribution in [0.2, 0.25) is 0 Å². The minimum absolute atomic E-state index is 0. The van der Waals surface area contributed by atoms with Gasteiger partial charge in [0.25, 0.3) is 0 Å². The zero-order chi connectivity index (χ0) is 17.2. The van der Waals surface area contributed by atoms with Gasteiger partial charge in [0.15, 0.2) is 0 Å². The first-order valence-corrected chi connectivity index (χ1v) is 11.1. The molecule has 0 spiro atoms. The van der Waals surface area contributed by atoms with E-state index in [-0.39, 0.29) is 56.0 Å².